The largest absolute Gasteiger partial charge is 0.389 e. The number of aliphatic hydroxyl groups is 1. The molecule has 1 aliphatic heterocycles. The van der Waals surface area contributed by atoms with Crippen LogP contribution in [0.5, 0.6) is 0 Å². The predicted molar refractivity (Wildman–Crippen MR) is 96.4 cm³/mol. The van der Waals surface area contributed by atoms with Gasteiger partial charge in [-0.15, -0.1) is 0 Å². The lowest BCUT2D eigenvalue weighted by atomic mass is 10.0. The lowest BCUT2D eigenvalue weighted by Gasteiger charge is -2.29. The molecule has 0 saturated carbocycles. The third-order valence-corrected chi connectivity index (χ3v) is 4.29. The van der Waals surface area contributed by atoms with Crippen molar-refractivity contribution in [2.45, 2.75) is 26.0 Å². The molecule has 26 heavy (non-hydrogen) atoms. The maximum Gasteiger partial charge on any atom is 0.219 e. The van der Waals surface area contributed by atoms with Crippen LogP contribution in [0.15, 0.2) is 24.5 Å². The molecule has 0 saturated heterocycles. The van der Waals surface area contributed by atoms with Gasteiger partial charge >= 0.3 is 0 Å². The number of ether oxygens (including phenoxy) is 1. The van der Waals surface area contributed by atoms with Gasteiger partial charge in [0.05, 0.1) is 24.9 Å². The number of anilines is 1. The van der Waals surface area contributed by atoms with Crippen LogP contribution >= 0.6 is 0 Å². The number of amides is 1. The molecule has 0 aliphatic carbocycles. The highest BCUT2D eigenvalue weighted by Gasteiger charge is 2.24. The van der Waals surface area contributed by atoms with E-state index in [0.717, 1.165) is 16.8 Å². The summed E-state index contributed by atoms with van der Waals surface area (Å²) in [7, 11) is 1.55. The van der Waals surface area contributed by atoms with E-state index in [1.54, 1.807) is 31.3 Å². The van der Waals surface area contributed by atoms with Crippen LogP contribution in [0, 0.1) is 0 Å². The monoisotopic (exact) mass is 357 g/mol. The number of carbonyl (C=O) groups is 1. The van der Waals surface area contributed by atoms with Crippen molar-refractivity contribution >= 4 is 11.7 Å². The molecule has 1 amide bonds. The third-order valence-electron chi connectivity index (χ3n) is 4.29. The molecule has 3 rings (SSSR count). The van der Waals surface area contributed by atoms with Gasteiger partial charge < -0.3 is 20.1 Å². The number of rotatable bonds is 6. The minimum absolute atomic E-state index is 0.0298. The van der Waals surface area contributed by atoms with Crippen molar-refractivity contribution in [3.63, 3.8) is 0 Å². The Morgan fingerprint density at radius 3 is 3.00 bits per heavy atom. The van der Waals surface area contributed by atoms with Crippen LogP contribution < -0.4 is 5.32 Å². The molecular weight excluding hydrogens is 334 g/mol. The highest BCUT2D eigenvalue weighted by molar-refractivity contribution is 5.74. The number of aliphatic hydroxyl groups excluding tert-OH is 1. The van der Waals surface area contributed by atoms with Gasteiger partial charge in [0.1, 0.15) is 5.82 Å². The van der Waals surface area contributed by atoms with E-state index in [2.05, 4.69) is 20.3 Å². The summed E-state index contributed by atoms with van der Waals surface area (Å²) in [5.41, 5.74) is 2.61. The zero-order valence-electron chi connectivity index (χ0n) is 15.0. The second-order valence-corrected chi connectivity index (χ2v) is 6.24. The summed E-state index contributed by atoms with van der Waals surface area (Å²) in [6.45, 7) is 3.21. The number of methoxy groups -OCH3 is 1. The Labute approximate surface area is 152 Å². The first-order valence-electron chi connectivity index (χ1n) is 8.55. The van der Waals surface area contributed by atoms with Crippen LogP contribution in [0.2, 0.25) is 0 Å². The van der Waals surface area contributed by atoms with Gasteiger partial charge in [-0.2, -0.15) is 0 Å². The highest BCUT2D eigenvalue weighted by Crippen LogP contribution is 2.27. The molecule has 0 radical (unpaired) electrons. The lowest BCUT2D eigenvalue weighted by Crippen LogP contribution is -2.36. The molecule has 2 N–H and O–H groups in total. The van der Waals surface area contributed by atoms with Crippen molar-refractivity contribution in [3.8, 4) is 11.4 Å². The van der Waals surface area contributed by atoms with Gasteiger partial charge in [0, 0.05) is 50.6 Å². The predicted octanol–water partition coefficient (Wildman–Crippen LogP) is 0.862. The number of carbonyl (C=O) groups excluding carboxylic acids is 1. The lowest BCUT2D eigenvalue weighted by molar-refractivity contribution is -0.129. The number of aromatic nitrogens is 3. The second-order valence-electron chi connectivity index (χ2n) is 6.24. The molecule has 0 aromatic carbocycles. The molecule has 1 atom stereocenters. The van der Waals surface area contributed by atoms with E-state index in [0.29, 0.717) is 37.7 Å². The quantitative estimate of drug-likeness (QED) is 0.791. The van der Waals surface area contributed by atoms with Gasteiger partial charge in [-0.1, -0.05) is 0 Å². The fourth-order valence-electron chi connectivity index (χ4n) is 2.94. The van der Waals surface area contributed by atoms with E-state index in [1.165, 1.54) is 0 Å². The number of fused-ring (bicyclic) bond motifs is 1. The van der Waals surface area contributed by atoms with Crippen LogP contribution in [0.25, 0.3) is 11.4 Å². The second kappa shape index (κ2) is 8.20. The third kappa shape index (κ3) is 4.14. The average Bonchev–Trinajstić information content (AvgIpc) is 2.66. The summed E-state index contributed by atoms with van der Waals surface area (Å²) < 4.78 is 4.96. The Bertz CT molecular complexity index is 769. The summed E-state index contributed by atoms with van der Waals surface area (Å²) in [5.74, 6) is 1.26. The van der Waals surface area contributed by atoms with Crippen LogP contribution in [0.3, 0.4) is 0 Å². The van der Waals surface area contributed by atoms with Crippen LogP contribution in [-0.4, -0.2) is 63.8 Å². The van der Waals surface area contributed by atoms with Crippen LogP contribution in [-0.2, 0) is 22.5 Å². The maximum absolute atomic E-state index is 11.7. The van der Waals surface area contributed by atoms with Crippen molar-refractivity contribution in [1.82, 2.24) is 19.9 Å². The van der Waals surface area contributed by atoms with E-state index in [1.807, 2.05) is 12.1 Å². The molecule has 0 spiro atoms. The van der Waals surface area contributed by atoms with E-state index < -0.39 is 6.10 Å². The molecule has 3 heterocycles. The summed E-state index contributed by atoms with van der Waals surface area (Å²) in [4.78, 5) is 26.9. The topological polar surface area (TPSA) is 100 Å². The number of pyridine rings is 1. The van der Waals surface area contributed by atoms with Crippen LogP contribution in [0.1, 0.15) is 18.2 Å². The maximum atomic E-state index is 11.7. The number of nitrogens with one attached hydrogen (secondary N) is 1. The van der Waals surface area contributed by atoms with Gasteiger partial charge in [0.2, 0.25) is 5.91 Å². The zero-order chi connectivity index (χ0) is 18.5. The fraction of sp³-hybridized carbons (Fsp3) is 0.444. The highest BCUT2D eigenvalue weighted by atomic mass is 16.5. The van der Waals surface area contributed by atoms with Crippen molar-refractivity contribution in [1.29, 1.82) is 0 Å². The van der Waals surface area contributed by atoms with Crippen LogP contribution in [0.4, 0.5) is 5.82 Å². The van der Waals surface area contributed by atoms with Crippen molar-refractivity contribution in [2.24, 2.45) is 0 Å². The number of hydrogen-bond donors (Lipinski definition) is 2. The van der Waals surface area contributed by atoms with Gasteiger partial charge in [0.15, 0.2) is 5.82 Å². The summed E-state index contributed by atoms with van der Waals surface area (Å²) in [6.07, 6.45) is 3.44. The Morgan fingerprint density at radius 2 is 2.31 bits per heavy atom. The van der Waals surface area contributed by atoms with E-state index >= 15 is 0 Å². The average molecular weight is 357 g/mol. The molecule has 0 bridgehead atoms. The zero-order valence-corrected chi connectivity index (χ0v) is 15.0. The fourth-order valence-corrected chi connectivity index (χ4v) is 2.94. The molecule has 0 unspecified atom stereocenters. The molecule has 138 valence electrons. The molecule has 8 heteroatoms. The molecular formula is C18H23N5O3. The minimum Gasteiger partial charge on any atom is -0.389 e. The van der Waals surface area contributed by atoms with E-state index in [-0.39, 0.29) is 12.5 Å². The van der Waals surface area contributed by atoms with E-state index in [9.17, 15) is 9.90 Å². The summed E-state index contributed by atoms with van der Waals surface area (Å²) in [5, 5.41) is 13.1. The minimum atomic E-state index is -0.634. The number of nitrogens with zero attached hydrogens (tertiary/aromatic N) is 4. The summed E-state index contributed by atoms with van der Waals surface area (Å²) in [6, 6.07) is 3.72. The first-order chi connectivity index (χ1) is 12.6. The van der Waals surface area contributed by atoms with Gasteiger partial charge in [0.25, 0.3) is 0 Å². The molecule has 0 fully saturated rings. The SMILES string of the molecule is COC[C@@H](O)CNc1nc(-c2cccnc2)nc2c1CCN(C(C)=O)C2. The Morgan fingerprint density at radius 1 is 1.46 bits per heavy atom. The van der Waals surface area contributed by atoms with Crippen molar-refractivity contribution in [2.75, 3.05) is 32.1 Å². The Balaban J connectivity index is 1.94. The summed E-state index contributed by atoms with van der Waals surface area (Å²) >= 11 is 0. The molecule has 8 nitrogen and oxygen atoms in total. The van der Waals surface area contributed by atoms with Gasteiger partial charge in [-0.25, -0.2) is 9.97 Å². The standard InChI is InChI=1S/C18H23N5O3/c1-12(24)23-7-5-15-16(10-23)21-17(13-4-3-6-19-8-13)22-18(15)20-9-14(25)11-26-2/h3-4,6,8,14,25H,5,7,9-11H2,1-2H3,(H,20,21,22)/t14-/m0/s1. The van der Waals surface area contributed by atoms with E-state index in [4.69, 9.17) is 4.74 Å². The first-order valence-corrected chi connectivity index (χ1v) is 8.55. The van der Waals surface area contributed by atoms with Gasteiger partial charge in [-0.3, -0.25) is 9.78 Å². The number of hydrogen-bond acceptors (Lipinski definition) is 7. The normalized spacial score (nSPS) is 14.7. The van der Waals surface area contributed by atoms with Gasteiger partial charge in [-0.05, 0) is 18.6 Å². The Hall–Kier alpha value is -2.58. The Kier molecular flexibility index (Phi) is 5.75. The molecule has 1 aliphatic rings. The van der Waals surface area contributed by atoms with Crippen molar-refractivity contribution in [3.05, 3.63) is 35.8 Å². The first kappa shape index (κ1) is 18.2. The molecule has 2 aromatic heterocycles. The smallest absolute Gasteiger partial charge is 0.219 e. The molecule has 2 aromatic rings. The van der Waals surface area contributed by atoms with Crippen molar-refractivity contribution < 1.29 is 14.6 Å².